The lowest BCUT2D eigenvalue weighted by molar-refractivity contribution is -0.192. The lowest BCUT2D eigenvalue weighted by Crippen LogP contribution is -2.59. The van der Waals surface area contributed by atoms with E-state index in [4.69, 9.17) is 23.7 Å². The predicted molar refractivity (Wildman–Crippen MR) is 131 cm³/mol. The van der Waals surface area contributed by atoms with Crippen molar-refractivity contribution in [3.8, 4) is 0 Å². The number of esters is 4. The molecule has 0 unspecified atom stereocenters. The topological polar surface area (TPSA) is 118 Å². The van der Waals surface area contributed by atoms with Crippen LogP contribution in [0.5, 0.6) is 0 Å². The standard InChI is InChI=1S/C28H38O9/c1-8-9-25(31)36-22-12-19(33-16(4)29)14(2)10-20-18(15(3)26(32)35-20)11-21-27(22,6)23(34-17(5)30)13-24-28(21,7)37-24/h10,19-24H,8-9,11-13H2,1-7H3/b14-10-/t19-,20+,21-,22-,23+,24+,27+,28-/m1/s1. The van der Waals surface area contributed by atoms with Gasteiger partial charge in [0.05, 0.1) is 11.7 Å². The first-order chi connectivity index (χ1) is 17.3. The monoisotopic (exact) mass is 518 g/mol. The van der Waals surface area contributed by atoms with Crippen LogP contribution in [-0.2, 0) is 42.9 Å². The van der Waals surface area contributed by atoms with Crippen molar-refractivity contribution in [2.45, 2.75) is 117 Å². The summed E-state index contributed by atoms with van der Waals surface area (Å²) < 4.78 is 29.7. The van der Waals surface area contributed by atoms with E-state index in [-0.39, 0.29) is 30.8 Å². The first kappa shape index (κ1) is 27.4. The summed E-state index contributed by atoms with van der Waals surface area (Å²) >= 11 is 0. The smallest absolute Gasteiger partial charge is 0.334 e. The molecule has 0 spiro atoms. The van der Waals surface area contributed by atoms with E-state index in [1.54, 1.807) is 6.92 Å². The fraction of sp³-hybridized carbons (Fsp3) is 0.714. The van der Waals surface area contributed by atoms with Gasteiger partial charge in [0, 0.05) is 50.0 Å². The molecule has 8 atom stereocenters. The van der Waals surface area contributed by atoms with Crippen LogP contribution in [-0.4, -0.2) is 60.0 Å². The van der Waals surface area contributed by atoms with Crippen molar-refractivity contribution in [2.75, 3.05) is 0 Å². The van der Waals surface area contributed by atoms with Crippen LogP contribution in [0.4, 0.5) is 0 Å². The molecule has 4 aliphatic rings. The summed E-state index contributed by atoms with van der Waals surface area (Å²) in [6, 6.07) is 0. The van der Waals surface area contributed by atoms with Gasteiger partial charge in [-0.3, -0.25) is 14.4 Å². The van der Waals surface area contributed by atoms with E-state index in [2.05, 4.69) is 0 Å². The average molecular weight is 519 g/mol. The van der Waals surface area contributed by atoms with Gasteiger partial charge in [-0.1, -0.05) is 13.8 Å². The molecular weight excluding hydrogens is 480 g/mol. The average Bonchev–Trinajstić information content (AvgIpc) is 3.38. The van der Waals surface area contributed by atoms with Gasteiger partial charge < -0.3 is 23.7 Å². The highest BCUT2D eigenvalue weighted by Gasteiger charge is 2.72. The van der Waals surface area contributed by atoms with Gasteiger partial charge in [0.25, 0.3) is 0 Å². The minimum atomic E-state index is -0.906. The Balaban J connectivity index is 1.91. The Labute approximate surface area is 217 Å². The maximum Gasteiger partial charge on any atom is 0.334 e. The Hall–Kier alpha value is -2.68. The lowest BCUT2D eigenvalue weighted by Gasteiger charge is -2.52. The highest BCUT2D eigenvalue weighted by Crippen LogP contribution is 2.63. The van der Waals surface area contributed by atoms with Crippen LogP contribution in [0.2, 0.25) is 0 Å². The fourth-order valence-electron chi connectivity index (χ4n) is 6.54. The van der Waals surface area contributed by atoms with Gasteiger partial charge in [0.2, 0.25) is 0 Å². The van der Waals surface area contributed by atoms with Crippen LogP contribution < -0.4 is 0 Å². The third kappa shape index (κ3) is 4.94. The summed E-state index contributed by atoms with van der Waals surface area (Å²) in [6.45, 7) is 12.1. The first-order valence-electron chi connectivity index (χ1n) is 13.1. The van der Waals surface area contributed by atoms with E-state index < -0.39 is 53.3 Å². The molecule has 2 heterocycles. The Morgan fingerprint density at radius 3 is 2.30 bits per heavy atom. The molecule has 0 bridgehead atoms. The van der Waals surface area contributed by atoms with Gasteiger partial charge in [-0.25, -0.2) is 4.79 Å². The van der Waals surface area contributed by atoms with Crippen LogP contribution in [0.25, 0.3) is 0 Å². The molecule has 0 aromatic heterocycles. The van der Waals surface area contributed by atoms with Gasteiger partial charge >= 0.3 is 23.9 Å². The molecule has 0 aromatic rings. The number of carbonyl (C=O) groups is 4. The zero-order valence-electron chi connectivity index (χ0n) is 22.8. The lowest BCUT2D eigenvalue weighted by atomic mass is 9.55. The van der Waals surface area contributed by atoms with Crippen molar-refractivity contribution in [2.24, 2.45) is 11.3 Å². The van der Waals surface area contributed by atoms with Gasteiger partial charge in [0.15, 0.2) is 0 Å². The fourth-order valence-corrected chi connectivity index (χ4v) is 6.54. The minimum absolute atomic E-state index is 0.135. The van der Waals surface area contributed by atoms with Crippen LogP contribution in [0, 0.1) is 11.3 Å². The Morgan fingerprint density at radius 2 is 1.68 bits per heavy atom. The number of rotatable bonds is 5. The second-order valence-corrected chi connectivity index (χ2v) is 11.2. The van der Waals surface area contributed by atoms with Crippen LogP contribution in [0.15, 0.2) is 22.8 Å². The maximum absolute atomic E-state index is 12.9. The molecule has 0 N–H and O–H groups in total. The van der Waals surface area contributed by atoms with Gasteiger partial charge in [-0.15, -0.1) is 0 Å². The number of fused-ring (bicyclic) bond motifs is 4. The van der Waals surface area contributed by atoms with Crippen molar-refractivity contribution < 1.29 is 42.9 Å². The summed E-state index contributed by atoms with van der Waals surface area (Å²) in [5.41, 5.74) is 0.540. The molecule has 0 aromatic carbocycles. The second-order valence-electron chi connectivity index (χ2n) is 11.2. The Kier molecular flexibility index (Phi) is 7.31. The van der Waals surface area contributed by atoms with Gasteiger partial charge in [-0.05, 0) is 50.8 Å². The molecule has 1 saturated heterocycles. The predicted octanol–water partition coefficient (Wildman–Crippen LogP) is 3.73. The number of hydrogen-bond donors (Lipinski definition) is 0. The minimum Gasteiger partial charge on any atom is -0.462 e. The van der Waals surface area contributed by atoms with Crippen molar-refractivity contribution in [1.29, 1.82) is 0 Å². The third-order valence-corrected chi connectivity index (χ3v) is 8.72. The summed E-state index contributed by atoms with van der Waals surface area (Å²) in [7, 11) is 0. The molecule has 204 valence electrons. The molecule has 1 saturated carbocycles. The molecule has 2 aliphatic carbocycles. The highest BCUT2D eigenvalue weighted by atomic mass is 16.6. The summed E-state index contributed by atoms with van der Waals surface area (Å²) in [6.07, 6.45) is 0.855. The summed E-state index contributed by atoms with van der Waals surface area (Å²) in [4.78, 5) is 49.9. The molecule has 4 rings (SSSR count). The molecule has 0 amide bonds. The quantitative estimate of drug-likeness (QED) is 0.232. The largest absolute Gasteiger partial charge is 0.462 e. The number of hydrogen-bond acceptors (Lipinski definition) is 9. The zero-order chi connectivity index (χ0) is 27.3. The SMILES string of the molecule is CCCC(=O)O[C@@H]1C[C@@H](OC(C)=O)/C(C)=C\[C@@H]2OC(=O)C(C)=C2C[C@H]2[C@@]3(C)O[C@H]3C[C@H](OC(C)=O)[C@]12C. The molecule has 9 heteroatoms. The second kappa shape index (κ2) is 9.89. The molecule has 37 heavy (non-hydrogen) atoms. The molecule has 2 aliphatic heterocycles. The van der Waals surface area contributed by atoms with E-state index in [9.17, 15) is 19.2 Å². The van der Waals surface area contributed by atoms with Crippen molar-refractivity contribution in [1.82, 2.24) is 0 Å². The van der Waals surface area contributed by atoms with E-state index in [0.717, 1.165) is 5.57 Å². The number of epoxide rings is 1. The third-order valence-electron chi connectivity index (χ3n) is 8.72. The molecule has 2 fully saturated rings. The van der Waals surface area contributed by atoms with Crippen molar-refractivity contribution in [3.63, 3.8) is 0 Å². The number of carbonyl (C=O) groups excluding carboxylic acids is 4. The zero-order valence-corrected chi connectivity index (χ0v) is 22.8. The molecular formula is C28H38O9. The molecule has 9 nitrogen and oxygen atoms in total. The molecule has 0 radical (unpaired) electrons. The van der Waals surface area contributed by atoms with E-state index in [0.29, 0.717) is 30.4 Å². The van der Waals surface area contributed by atoms with E-state index >= 15 is 0 Å². The Morgan fingerprint density at radius 1 is 1.03 bits per heavy atom. The van der Waals surface area contributed by atoms with E-state index in [1.165, 1.54) is 13.8 Å². The Bertz CT molecular complexity index is 1060. The van der Waals surface area contributed by atoms with Gasteiger partial charge in [0.1, 0.15) is 24.4 Å². The van der Waals surface area contributed by atoms with Crippen molar-refractivity contribution in [3.05, 3.63) is 22.8 Å². The summed E-state index contributed by atoms with van der Waals surface area (Å²) in [5.74, 6) is -1.97. The van der Waals surface area contributed by atoms with Gasteiger partial charge in [-0.2, -0.15) is 0 Å². The highest BCUT2D eigenvalue weighted by molar-refractivity contribution is 5.92. The maximum atomic E-state index is 12.9. The van der Waals surface area contributed by atoms with Crippen LogP contribution in [0.1, 0.15) is 80.6 Å². The normalized spacial score (nSPS) is 40.2. The van der Waals surface area contributed by atoms with Crippen molar-refractivity contribution >= 4 is 23.9 Å². The van der Waals surface area contributed by atoms with E-state index in [1.807, 2.05) is 33.8 Å². The van der Waals surface area contributed by atoms with Crippen LogP contribution >= 0.6 is 0 Å². The number of ether oxygens (including phenoxy) is 5. The first-order valence-corrected chi connectivity index (χ1v) is 13.1. The van der Waals surface area contributed by atoms with Crippen LogP contribution in [0.3, 0.4) is 0 Å². The summed E-state index contributed by atoms with van der Waals surface area (Å²) in [5, 5.41) is 0.